The van der Waals surface area contributed by atoms with Gasteiger partial charge in [0.15, 0.2) is 26.9 Å². The maximum atomic E-state index is 10.0. The van der Waals surface area contributed by atoms with Gasteiger partial charge in [0.05, 0.1) is 0 Å². The molecule has 0 bridgehead atoms. The van der Waals surface area contributed by atoms with Gasteiger partial charge in [-0.3, -0.25) is 0 Å². The number of aromatic nitrogens is 4. The van der Waals surface area contributed by atoms with Crippen LogP contribution in [0.15, 0.2) is 16.5 Å². The molecular formula is C16H10N4O5S2. The van der Waals surface area contributed by atoms with E-state index in [9.17, 15) is 10.2 Å². The van der Waals surface area contributed by atoms with Crippen molar-refractivity contribution in [1.29, 1.82) is 0 Å². The minimum atomic E-state index is -0.225. The first-order valence-electron chi connectivity index (χ1n) is 7.66. The number of nitrogens with zero attached hydrogens (tertiary/aromatic N) is 2. The average Bonchev–Trinajstić information content (AvgIpc) is 3.37. The molecule has 4 N–H and O–H groups in total. The highest BCUT2D eigenvalue weighted by Crippen LogP contribution is 2.36. The summed E-state index contributed by atoms with van der Waals surface area (Å²) in [7, 11) is 0. The summed E-state index contributed by atoms with van der Waals surface area (Å²) in [6, 6.07) is 3.46. The number of thiazole rings is 1. The van der Waals surface area contributed by atoms with E-state index in [1.54, 1.807) is 24.3 Å². The molecule has 136 valence electrons. The Balaban J connectivity index is 1.46. The molecule has 1 aliphatic rings. The second kappa shape index (κ2) is 5.86. The normalized spacial score (nSPS) is 13.2. The number of nitrogens with one attached hydrogen (secondary N) is 2. The number of rotatable bonds is 3. The Kier molecular flexibility index (Phi) is 3.45. The van der Waals surface area contributed by atoms with Crippen molar-refractivity contribution in [2.45, 2.75) is 0 Å². The number of imidazole rings is 1. The molecule has 4 aromatic rings. The molecule has 1 aliphatic heterocycles. The summed E-state index contributed by atoms with van der Waals surface area (Å²) in [5, 5.41) is 19.9. The highest BCUT2D eigenvalue weighted by atomic mass is 32.1. The van der Waals surface area contributed by atoms with Crippen LogP contribution >= 0.6 is 23.6 Å². The molecule has 0 saturated heterocycles. The maximum absolute atomic E-state index is 10.0. The highest BCUT2D eigenvalue weighted by Gasteiger charge is 2.18. The molecule has 0 unspecified atom stereocenters. The van der Waals surface area contributed by atoms with E-state index >= 15 is 0 Å². The number of H-pyrrole nitrogens is 2. The van der Waals surface area contributed by atoms with Gasteiger partial charge >= 0.3 is 0 Å². The highest BCUT2D eigenvalue weighted by molar-refractivity contribution is 7.73. The van der Waals surface area contributed by atoms with E-state index in [-0.39, 0.29) is 18.6 Å². The summed E-state index contributed by atoms with van der Waals surface area (Å²) >= 11 is 6.13. The quantitative estimate of drug-likeness (QED) is 0.382. The summed E-state index contributed by atoms with van der Waals surface area (Å²) in [6.07, 6.45) is 3.16. The Bertz CT molecular complexity index is 1220. The predicted octanol–water partition coefficient (Wildman–Crippen LogP) is 3.65. The molecular weight excluding hydrogens is 392 g/mol. The van der Waals surface area contributed by atoms with Crippen molar-refractivity contribution in [2.24, 2.45) is 0 Å². The van der Waals surface area contributed by atoms with E-state index in [2.05, 4.69) is 19.9 Å². The zero-order chi connectivity index (χ0) is 18.5. The topological polar surface area (TPSA) is 129 Å². The Morgan fingerprint density at radius 2 is 1.93 bits per heavy atom. The Hall–Kier alpha value is -3.31. The second-order valence-electron chi connectivity index (χ2n) is 5.57. The van der Waals surface area contributed by atoms with Crippen LogP contribution in [0.1, 0.15) is 11.6 Å². The van der Waals surface area contributed by atoms with Crippen LogP contribution in [0.2, 0.25) is 0 Å². The van der Waals surface area contributed by atoms with Crippen LogP contribution in [-0.4, -0.2) is 36.9 Å². The van der Waals surface area contributed by atoms with E-state index in [1.165, 1.54) is 0 Å². The molecule has 0 saturated carbocycles. The third-order valence-corrected chi connectivity index (χ3v) is 5.08. The van der Waals surface area contributed by atoms with Gasteiger partial charge in [0.2, 0.25) is 24.4 Å². The van der Waals surface area contributed by atoms with Crippen molar-refractivity contribution in [1.82, 2.24) is 19.9 Å². The molecule has 5 rings (SSSR count). The van der Waals surface area contributed by atoms with Crippen molar-refractivity contribution in [2.75, 3.05) is 6.79 Å². The largest absolute Gasteiger partial charge is 0.493 e. The minimum Gasteiger partial charge on any atom is -0.493 e. The van der Waals surface area contributed by atoms with Crippen molar-refractivity contribution in [3.8, 4) is 34.0 Å². The molecule has 4 heterocycles. The van der Waals surface area contributed by atoms with Crippen LogP contribution < -0.4 is 9.47 Å². The molecule has 0 spiro atoms. The van der Waals surface area contributed by atoms with Gasteiger partial charge in [-0.2, -0.15) is 4.98 Å². The fourth-order valence-corrected chi connectivity index (χ4v) is 3.66. The predicted molar refractivity (Wildman–Crippen MR) is 99.5 cm³/mol. The van der Waals surface area contributed by atoms with Gasteiger partial charge in [-0.25, -0.2) is 4.98 Å². The van der Waals surface area contributed by atoms with Crippen LogP contribution in [0.3, 0.4) is 0 Å². The van der Waals surface area contributed by atoms with Gasteiger partial charge < -0.3 is 34.1 Å². The first kappa shape index (κ1) is 15.9. The SMILES string of the molecule is Oc1nc(-c2sc(=S)[nH]c2O)[nH]c1C=Cc1nc2cc3c(cc2o1)OCO3. The van der Waals surface area contributed by atoms with E-state index in [0.717, 1.165) is 11.3 Å². The third-order valence-electron chi connectivity index (χ3n) is 3.85. The Morgan fingerprint density at radius 1 is 1.11 bits per heavy atom. The summed E-state index contributed by atoms with van der Waals surface area (Å²) in [6.45, 7) is 0.181. The Labute approximate surface area is 159 Å². The zero-order valence-corrected chi connectivity index (χ0v) is 15.0. The molecule has 0 atom stereocenters. The summed E-state index contributed by atoms with van der Waals surface area (Å²) in [5.41, 5.74) is 1.52. The van der Waals surface area contributed by atoms with Crippen LogP contribution in [0.4, 0.5) is 0 Å². The molecule has 11 heteroatoms. The van der Waals surface area contributed by atoms with E-state index < -0.39 is 0 Å². The van der Waals surface area contributed by atoms with Gasteiger partial charge in [0.25, 0.3) is 0 Å². The molecule has 27 heavy (non-hydrogen) atoms. The third kappa shape index (κ3) is 2.73. The second-order valence-corrected chi connectivity index (χ2v) is 7.26. The van der Waals surface area contributed by atoms with Crippen LogP contribution in [0.25, 0.3) is 34.0 Å². The monoisotopic (exact) mass is 402 g/mol. The van der Waals surface area contributed by atoms with Gasteiger partial charge in [-0.1, -0.05) is 11.3 Å². The number of ether oxygens (including phenoxy) is 2. The molecule has 0 aliphatic carbocycles. The van der Waals surface area contributed by atoms with Gasteiger partial charge in [-0.15, -0.1) is 0 Å². The lowest BCUT2D eigenvalue weighted by molar-refractivity contribution is 0.174. The molecule has 0 amide bonds. The smallest absolute Gasteiger partial charge is 0.237 e. The first-order chi connectivity index (χ1) is 13.1. The number of aromatic amines is 2. The lowest BCUT2D eigenvalue weighted by Crippen LogP contribution is -1.92. The Morgan fingerprint density at radius 3 is 2.70 bits per heavy atom. The molecule has 0 radical (unpaired) electrons. The number of benzene rings is 1. The summed E-state index contributed by atoms with van der Waals surface area (Å²) < 4.78 is 16.7. The van der Waals surface area contributed by atoms with Gasteiger partial charge in [-0.05, 0) is 18.3 Å². The van der Waals surface area contributed by atoms with E-state index in [1.807, 2.05) is 0 Å². The molecule has 0 fully saturated rings. The zero-order valence-electron chi connectivity index (χ0n) is 13.3. The van der Waals surface area contributed by atoms with Gasteiger partial charge in [0.1, 0.15) is 16.1 Å². The maximum Gasteiger partial charge on any atom is 0.237 e. The fraction of sp³-hybridized carbons (Fsp3) is 0.0625. The summed E-state index contributed by atoms with van der Waals surface area (Å²) in [4.78, 5) is 14.3. The standard InChI is InChI=1S/C16H10N4O5S2/c21-14-6(18-13(19-14)12-15(22)20-16(26)27-12)1-2-11-17-7-3-9-10(24-5-23-9)4-8(7)25-11/h1-4,21-22H,5H2,(H,18,19)(H,20,26). The number of oxazole rings is 1. The fourth-order valence-electron chi connectivity index (χ4n) is 2.64. The van der Waals surface area contributed by atoms with Crippen LogP contribution in [0.5, 0.6) is 23.3 Å². The number of hydrogen-bond acceptors (Lipinski definition) is 9. The van der Waals surface area contributed by atoms with Crippen molar-refractivity contribution in [3.05, 3.63) is 27.7 Å². The average molecular weight is 402 g/mol. The number of fused-ring (bicyclic) bond motifs is 2. The van der Waals surface area contributed by atoms with Crippen molar-refractivity contribution in [3.63, 3.8) is 0 Å². The minimum absolute atomic E-state index is 0.106. The van der Waals surface area contributed by atoms with E-state index in [4.69, 9.17) is 26.1 Å². The molecule has 3 aromatic heterocycles. The number of aromatic hydroxyl groups is 2. The number of hydrogen-bond donors (Lipinski definition) is 4. The summed E-state index contributed by atoms with van der Waals surface area (Å²) in [5.74, 6) is 1.53. The van der Waals surface area contributed by atoms with Crippen molar-refractivity contribution >= 4 is 46.8 Å². The van der Waals surface area contributed by atoms with Gasteiger partial charge in [0, 0.05) is 18.2 Å². The lowest BCUT2D eigenvalue weighted by atomic mass is 10.3. The first-order valence-corrected chi connectivity index (χ1v) is 8.89. The van der Waals surface area contributed by atoms with Crippen LogP contribution in [-0.2, 0) is 0 Å². The van der Waals surface area contributed by atoms with Crippen LogP contribution in [0, 0.1) is 3.95 Å². The van der Waals surface area contributed by atoms with Crippen molar-refractivity contribution < 1.29 is 24.1 Å². The lowest BCUT2D eigenvalue weighted by Gasteiger charge is -1.92. The molecule has 1 aromatic carbocycles. The van der Waals surface area contributed by atoms with E-state index in [0.29, 0.717) is 48.8 Å². The molecule has 9 nitrogen and oxygen atoms in total.